The lowest BCUT2D eigenvalue weighted by atomic mass is 10.1. The predicted octanol–water partition coefficient (Wildman–Crippen LogP) is 1.70. The van der Waals surface area contributed by atoms with Crippen LogP contribution in [0.2, 0.25) is 0 Å². The van der Waals surface area contributed by atoms with E-state index in [2.05, 4.69) is 10.2 Å². The normalized spacial score (nSPS) is 21.9. The second-order valence-electron chi connectivity index (χ2n) is 4.75. The minimum atomic E-state index is -0.950. The zero-order chi connectivity index (χ0) is 12.7. The molecule has 0 spiro atoms. The summed E-state index contributed by atoms with van der Waals surface area (Å²) in [6.07, 6.45) is 2.39. The summed E-state index contributed by atoms with van der Waals surface area (Å²) in [5.74, 6) is -0.984. The molecule has 1 unspecified atom stereocenters. The summed E-state index contributed by atoms with van der Waals surface area (Å²) >= 11 is 0. The summed E-state index contributed by atoms with van der Waals surface area (Å²) in [5.41, 5.74) is 1.55. The molecule has 18 heavy (non-hydrogen) atoms. The van der Waals surface area contributed by atoms with Crippen molar-refractivity contribution in [1.29, 1.82) is 0 Å². The van der Waals surface area contributed by atoms with Crippen LogP contribution in [-0.2, 0) is 4.79 Å². The third-order valence-corrected chi connectivity index (χ3v) is 3.63. The van der Waals surface area contributed by atoms with E-state index in [1.165, 1.54) is 0 Å². The highest BCUT2D eigenvalue weighted by Crippen LogP contribution is 2.38. The van der Waals surface area contributed by atoms with Crippen molar-refractivity contribution in [2.75, 3.05) is 16.8 Å². The predicted molar refractivity (Wildman–Crippen MR) is 67.0 cm³/mol. The molecule has 1 aromatic carbocycles. The molecule has 2 heterocycles. The van der Waals surface area contributed by atoms with Crippen molar-refractivity contribution < 1.29 is 14.7 Å². The SMILES string of the molecule is O=C1CC2CCCN2c2c(cccc2C(=O)O)N1. The number of rotatable bonds is 1. The number of hydrogen-bond acceptors (Lipinski definition) is 3. The van der Waals surface area contributed by atoms with Gasteiger partial charge in [-0.3, -0.25) is 4.79 Å². The number of carbonyl (C=O) groups is 2. The minimum Gasteiger partial charge on any atom is -0.478 e. The first kappa shape index (κ1) is 11.1. The monoisotopic (exact) mass is 246 g/mol. The maximum absolute atomic E-state index is 11.8. The lowest BCUT2D eigenvalue weighted by molar-refractivity contribution is -0.116. The van der Waals surface area contributed by atoms with Crippen LogP contribution in [0.15, 0.2) is 18.2 Å². The highest BCUT2D eigenvalue weighted by Gasteiger charge is 2.34. The highest BCUT2D eigenvalue weighted by atomic mass is 16.4. The number of carbonyl (C=O) groups excluding carboxylic acids is 1. The summed E-state index contributed by atoms with van der Waals surface area (Å²) < 4.78 is 0. The Morgan fingerprint density at radius 3 is 3.06 bits per heavy atom. The van der Waals surface area contributed by atoms with Crippen molar-refractivity contribution in [3.05, 3.63) is 23.8 Å². The number of anilines is 2. The quantitative estimate of drug-likeness (QED) is 0.791. The van der Waals surface area contributed by atoms with Crippen LogP contribution < -0.4 is 10.2 Å². The molecule has 2 aliphatic rings. The van der Waals surface area contributed by atoms with E-state index in [0.717, 1.165) is 19.4 Å². The molecule has 5 nitrogen and oxygen atoms in total. The lowest BCUT2D eigenvalue weighted by Crippen LogP contribution is -2.30. The Balaban J connectivity index is 2.18. The molecule has 0 radical (unpaired) electrons. The number of fused-ring (bicyclic) bond motifs is 3. The van der Waals surface area contributed by atoms with Crippen LogP contribution in [0.3, 0.4) is 0 Å². The standard InChI is InChI=1S/C13H14N2O3/c16-11-7-8-3-2-6-15(8)12-9(13(17)18)4-1-5-10(12)14-11/h1,4-5,8H,2-3,6-7H2,(H,14,16)(H,17,18). The largest absolute Gasteiger partial charge is 0.478 e. The van der Waals surface area contributed by atoms with Gasteiger partial charge < -0.3 is 15.3 Å². The molecule has 3 rings (SSSR count). The number of hydrogen-bond donors (Lipinski definition) is 2. The van der Waals surface area contributed by atoms with Gasteiger partial charge in [0.2, 0.25) is 5.91 Å². The molecule has 1 amide bonds. The van der Waals surface area contributed by atoms with E-state index in [1.54, 1.807) is 18.2 Å². The number of benzene rings is 1. The third-order valence-electron chi connectivity index (χ3n) is 3.63. The van der Waals surface area contributed by atoms with Crippen molar-refractivity contribution in [2.24, 2.45) is 0 Å². The van der Waals surface area contributed by atoms with E-state index >= 15 is 0 Å². The van der Waals surface area contributed by atoms with E-state index in [9.17, 15) is 14.7 Å². The topological polar surface area (TPSA) is 69.6 Å². The van der Waals surface area contributed by atoms with Crippen LogP contribution in [0, 0.1) is 0 Å². The van der Waals surface area contributed by atoms with E-state index in [-0.39, 0.29) is 17.5 Å². The average molecular weight is 246 g/mol. The van der Waals surface area contributed by atoms with E-state index < -0.39 is 5.97 Å². The molecule has 1 atom stereocenters. The third kappa shape index (κ3) is 1.63. The first-order chi connectivity index (χ1) is 8.66. The Hall–Kier alpha value is -2.04. The molecule has 1 aromatic rings. The van der Waals surface area contributed by atoms with E-state index in [4.69, 9.17) is 0 Å². The zero-order valence-corrected chi connectivity index (χ0v) is 9.85. The van der Waals surface area contributed by atoms with Gasteiger partial charge in [-0.1, -0.05) is 6.07 Å². The number of para-hydroxylation sites is 1. The summed E-state index contributed by atoms with van der Waals surface area (Å²) in [5, 5.41) is 12.1. The highest BCUT2D eigenvalue weighted by molar-refractivity contribution is 6.04. The molecule has 5 heteroatoms. The van der Waals surface area contributed by atoms with Crippen LogP contribution in [-0.4, -0.2) is 29.6 Å². The Bertz CT molecular complexity index is 527. The van der Waals surface area contributed by atoms with Gasteiger partial charge in [0, 0.05) is 19.0 Å². The van der Waals surface area contributed by atoms with Crippen LogP contribution >= 0.6 is 0 Å². The summed E-state index contributed by atoms with van der Waals surface area (Å²) in [7, 11) is 0. The number of aromatic carboxylic acids is 1. The van der Waals surface area contributed by atoms with E-state index in [0.29, 0.717) is 17.8 Å². The van der Waals surface area contributed by atoms with Gasteiger partial charge in [0.05, 0.1) is 16.9 Å². The molecule has 1 saturated heterocycles. The molecule has 0 aliphatic carbocycles. The minimum absolute atomic E-state index is 0.0341. The van der Waals surface area contributed by atoms with Crippen molar-refractivity contribution >= 4 is 23.3 Å². The fourth-order valence-electron chi connectivity index (χ4n) is 2.88. The number of nitrogens with one attached hydrogen (secondary N) is 1. The maximum Gasteiger partial charge on any atom is 0.337 e. The maximum atomic E-state index is 11.8. The van der Waals surface area contributed by atoms with Gasteiger partial charge in [-0.25, -0.2) is 4.79 Å². The van der Waals surface area contributed by atoms with Crippen molar-refractivity contribution in [3.63, 3.8) is 0 Å². The molecule has 0 aromatic heterocycles. The van der Waals surface area contributed by atoms with Crippen LogP contribution in [0.4, 0.5) is 11.4 Å². The Morgan fingerprint density at radius 2 is 2.28 bits per heavy atom. The van der Waals surface area contributed by atoms with Gasteiger partial charge in [0.25, 0.3) is 0 Å². The second kappa shape index (κ2) is 4.01. The molecular weight excluding hydrogens is 232 g/mol. The summed E-state index contributed by atoms with van der Waals surface area (Å²) in [4.78, 5) is 25.2. The fraction of sp³-hybridized carbons (Fsp3) is 0.385. The average Bonchev–Trinajstić information content (AvgIpc) is 2.71. The smallest absolute Gasteiger partial charge is 0.337 e. The van der Waals surface area contributed by atoms with Gasteiger partial charge in [-0.2, -0.15) is 0 Å². The molecule has 94 valence electrons. The molecule has 0 saturated carbocycles. The van der Waals surface area contributed by atoms with Crippen LogP contribution in [0.25, 0.3) is 0 Å². The Morgan fingerprint density at radius 1 is 1.44 bits per heavy atom. The van der Waals surface area contributed by atoms with Gasteiger partial charge in [0.15, 0.2) is 0 Å². The molecule has 2 aliphatic heterocycles. The lowest BCUT2D eigenvalue weighted by Gasteiger charge is -2.26. The molecule has 1 fully saturated rings. The molecule has 2 N–H and O–H groups in total. The van der Waals surface area contributed by atoms with Crippen molar-refractivity contribution in [2.45, 2.75) is 25.3 Å². The zero-order valence-electron chi connectivity index (χ0n) is 9.85. The first-order valence-corrected chi connectivity index (χ1v) is 6.09. The summed E-state index contributed by atoms with van der Waals surface area (Å²) in [6, 6.07) is 5.15. The second-order valence-corrected chi connectivity index (χ2v) is 4.75. The van der Waals surface area contributed by atoms with Gasteiger partial charge in [-0.05, 0) is 25.0 Å². The Labute approximate surface area is 104 Å². The Kier molecular flexibility index (Phi) is 2.47. The molecule has 0 bridgehead atoms. The van der Waals surface area contributed by atoms with Gasteiger partial charge in [0.1, 0.15) is 0 Å². The van der Waals surface area contributed by atoms with E-state index in [1.807, 2.05) is 0 Å². The number of amides is 1. The van der Waals surface area contributed by atoms with Gasteiger partial charge >= 0.3 is 5.97 Å². The van der Waals surface area contributed by atoms with Crippen LogP contribution in [0.5, 0.6) is 0 Å². The first-order valence-electron chi connectivity index (χ1n) is 6.09. The summed E-state index contributed by atoms with van der Waals surface area (Å²) in [6.45, 7) is 0.816. The number of carboxylic acids is 1. The van der Waals surface area contributed by atoms with Gasteiger partial charge in [-0.15, -0.1) is 0 Å². The number of carboxylic acid groups (broad SMARTS) is 1. The van der Waals surface area contributed by atoms with Crippen LogP contribution in [0.1, 0.15) is 29.6 Å². The van der Waals surface area contributed by atoms with Crippen molar-refractivity contribution in [1.82, 2.24) is 0 Å². The van der Waals surface area contributed by atoms with Crippen molar-refractivity contribution in [3.8, 4) is 0 Å². The molecular formula is C13H14N2O3. The number of nitrogens with zero attached hydrogens (tertiary/aromatic N) is 1. The fourth-order valence-corrected chi connectivity index (χ4v) is 2.88.